The summed E-state index contributed by atoms with van der Waals surface area (Å²) in [6.45, 7) is 14.2. The number of pyridine rings is 1. The second-order valence-corrected chi connectivity index (χ2v) is 6.44. The van der Waals surface area contributed by atoms with E-state index in [-0.39, 0.29) is 5.54 Å². The van der Waals surface area contributed by atoms with Crippen molar-refractivity contribution in [2.45, 2.75) is 72.5 Å². The lowest BCUT2D eigenvalue weighted by molar-refractivity contribution is 0.466. The molecular weight excluding hydrogens is 246 g/mol. The highest BCUT2D eigenvalue weighted by Crippen LogP contribution is 2.24. The molecule has 3 heteroatoms. The van der Waals surface area contributed by atoms with Crippen molar-refractivity contribution in [1.29, 1.82) is 0 Å². The summed E-state index contributed by atoms with van der Waals surface area (Å²) in [5.74, 6) is 1.08. The highest BCUT2D eigenvalue weighted by Gasteiger charge is 2.22. The van der Waals surface area contributed by atoms with Crippen LogP contribution < -0.4 is 10.2 Å². The standard InChI is InChI=1S/C17H31N3/c1-8-15-10-14(12-18-13(3)4)11-16(19-15)20(7)17(5,6)9-2/h10-11,13,18H,8-9,12H2,1-7H3. The van der Waals surface area contributed by atoms with Crippen LogP contribution in [0.25, 0.3) is 0 Å². The summed E-state index contributed by atoms with van der Waals surface area (Å²) in [4.78, 5) is 7.09. The molecule has 0 atom stereocenters. The predicted molar refractivity (Wildman–Crippen MR) is 88.4 cm³/mol. The first-order valence-corrected chi connectivity index (χ1v) is 7.77. The monoisotopic (exact) mass is 277 g/mol. The Balaban J connectivity index is 3.04. The van der Waals surface area contributed by atoms with Gasteiger partial charge in [-0.25, -0.2) is 4.98 Å². The number of anilines is 1. The van der Waals surface area contributed by atoms with Gasteiger partial charge in [-0.15, -0.1) is 0 Å². The van der Waals surface area contributed by atoms with E-state index >= 15 is 0 Å². The summed E-state index contributed by atoms with van der Waals surface area (Å²) in [6.07, 6.45) is 2.07. The van der Waals surface area contributed by atoms with E-state index in [0.29, 0.717) is 6.04 Å². The van der Waals surface area contributed by atoms with Crippen LogP contribution in [0.3, 0.4) is 0 Å². The van der Waals surface area contributed by atoms with E-state index in [1.165, 1.54) is 11.3 Å². The fourth-order valence-corrected chi connectivity index (χ4v) is 1.96. The van der Waals surface area contributed by atoms with Gasteiger partial charge in [-0.1, -0.05) is 27.7 Å². The predicted octanol–water partition coefficient (Wildman–Crippen LogP) is 3.77. The van der Waals surface area contributed by atoms with Crippen LogP contribution in [-0.4, -0.2) is 23.6 Å². The average molecular weight is 277 g/mol. The van der Waals surface area contributed by atoms with Crippen molar-refractivity contribution >= 4 is 5.82 Å². The van der Waals surface area contributed by atoms with Crippen molar-refractivity contribution in [3.8, 4) is 0 Å². The molecule has 1 heterocycles. The third-order valence-electron chi connectivity index (χ3n) is 4.12. The minimum atomic E-state index is 0.127. The maximum Gasteiger partial charge on any atom is 0.129 e. The second kappa shape index (κ2) is 7.07. The van der Waals surface area contributed by atoms with Gasteiger partial charge in [0.15, 0.2) is 0 Å². The summed E-state index contributed by atoms with van der Waals surface area (Å²) >= 11 is 0. The molecule has 0 spiro atoms. The van der Waals surface area contributed by atoms with Gasteiger partial charge in [0.2, 0.25) is 0 Å². The van der Waals surface area contributed by atoms with E-state index in [1.807, 2.05) is 0 Å². The minimum absolute atomic E-state index is 0.127. The second-order valence-electron chi connectivity index (χ2n) is 6.44. The van der Waals surface area contributed by atoms with Crippen LogP contribution in [0.15, 0.2) is 12.1 Å². The molecule has 20 heavy (non-hydrogen) atoms. The van der Waals surface area contributed by atoms with E-state index in [9.17, 15) is 0 Å². The lowest BCUT2D eigenvalue weighted by atomic mass is 10.00. The van der Waals surface area contributed by atoms with Crippen LogP contribution in [-0.2, 0) is 13.0 Å². The molecule has 114 valence electrons. The van der Waals surface area contributed by atoms with Gasteiger partial charge < -0.3 is 10.2 Å². The van der Waals surface area contributed by atoms with Gasteiger partial charge in [0.1, 0.15) is 5.82 Å². The van der Waals surface area contributed by atoms with Crippen molar-refractivity contribution in [1.82, 2.24) is 10.3 Å². The van der Waals surface area contributed by atoms with Gasteiger partial charge in [-0.05, 0) is 44.4 Å². The van der Waals surface area contributed by atoms with Gasteiger partial charge in [-0.3, -0.25) is 0 Å². The van der Waals surface area contributed by atoms with Crippen LogP contribution in [0, 0.1) is 0 Å². The normalized spacial score (nSPS) is 12.0. The van der Waals surface area contributed by atoms with E-state index in [1.54, 1.807) is 0 Å². The fraction of sp³-hybridized carbons (Fsp3) is 0.706. The Labute approximate surface area is 124 Å². The molecule has 0 saturated heterocycles. The molecule has 0 aliphatic heterocycles. The molecule has 0 radical (unpaired) electrons. The third-order valence-corrected chi connectivity index (χ3v) is 4.12. The summed E-state index contributed by atoms with van der Waals surface area (Å²) < 4.78 is 0. The topological polar surface area (TPSA) is 28.2 Å². The smallest absolute Gasteiger partial charge is 0.129 e. The molecular formula is C17H31N3. The first kappa shape index (κ1) is 17.0. The molecule has 1 N–H and O–H groups in total. The zero-order valence-electron chi connectivity index (χ0n) is 14.2. The summed E-state index contributed by atoms with van der Waals surface area (Å²) in [5.41, 5.74) is 2.61. The van der Waals surface area contributed by atoms with Crippen LogP contribution in [0.4, 0.5) is 5.82 Å². The van der Waals surface area contributed by atoms with E-state index < -0.39 is 0 Å². The Bertz CT molecular complexity index is 424. The Hall–Kier alpha value is -1.09. The summed E-state index contributed by atoms with van der Waals surface area (Å²) in [7, 11) is 2.14. The molecule has 3 nitrogen and oxygen atoms in total. The largest absolute Gasteiger partial charge is 0.355 e. The van der Waals surface area contributed by atoms with Gasteiger partial charge in [0.25, 0.3) is 0 Å². The van der Waals surface area contributed by atoms with E-state index in [4.69, 9.17) is 4.98 Å². The summed E-state index contributed by atoms with van der Waals surface area (Å²) in [6, 6.07) is 4.93. The SMILES string of the molecule is CCc1cc(CNC(C)C)cc(N(C)C(C)(C)CC)n1. The maximum absolute atomic E-state index is 4.79. The molecule has 0 unspecified atom stereocenters. The molecule has 1 aromatic rings. The van der Waals surface area contributed by atoms with Crippen LogP contribution >= 0.6 is 0 Å². The molecule has 0 fully saturated rings. The van der Waals surface area contributed by atoms with Crippen molar-refractivity contribution < 1.29 is 0 Å². The first-order valence-electron chi connectivity index (χ1n) is 7.77. The number of aromatic nitrogens is 1. The van der Waals surface area contributed by atoms with E-state index in [0.717, 1.165) is 25.2 Å². The highest BCUT2D eigenvalue weighted by molar-refractivity contribution is 5.44. The van der Waals surface area contributed by atoms with Gasteiger partial charge >= 0.3 is 0 Å². The molecule has 1 aromatic heterocycles. The number of rotatable bonds is 7. The van der Waals surface area contributed by atoms with Crippen LogP contribution in [0.2, 0.25) is 0 Å². The first-order chi connectivity index (χ1) is 9.30. The molecule has 0 amide bonds. The number of hydrogen-bond acceptors (Lipinski definition) is 3. The quantitative estimate of drug-likeness (QED) is 0.822. The van der Waals surface area contributed by atoms with E-state index in [2.05, 4.69) is 70.9 Å². The van der Waals surface area contributed by atoms with Gasteiger partial charge in [0, 0.05) is 30.9 Å². The number of aryl methyl sites for hydroxylation is 1. The summed E-state index contributed by atoms with van der Waals surface area (Å²) in [5, 5.41) is 3.49. The zero-order valence-corrected chi connectivity index (χ0v) is 14.2. The average Bonchev–Trinajstić information content (AvgIpc) is 2.43. The fourth-order valence-electron chi connectivity index (χ4n) is 1.96. The van der Waals surface area contributed by atoms with Crippen molar-refractivity contribution in [3.05, 3.63) is 23.4 Å². The van der Waals surface area contributed by atoms with Crippen LogP contribution in [0.1, 0.15) is 59.2 Å². The third kappa shape index (κ3) is 4.48. The van der Waals surface area contributed by atoms with Crippen molar-refractivity contribution in [3.63, 3.8) is 0 Å². The lowest BCUT2D eigenvalue weighted by Crippen LogP contribution is -2.41. The zero-order chi connectivity index (χ0) is 15.3. The van der Waals surface area contributed by atoms with Crippen LogP contribution in [0.5, 0.6) is 0 Å². The maximum atomic E-state index is 4.79. The van der Waals surface area contributed by atoms with Crippen molar-refractivity contribution in [2.75, 3.05) is 11.9 Å². The lowest BCUT2D eigenvalue weighted by Gasteiger charge is -2.36. The molecule has 0 aromatic carbocycles. The minimum Gasteiger partial charge on any atom is -0.355 e. The number of hydrogen-bond donors (Lipinski definition) is 1. The molecule has 0 aliphatic carbocycles. The Morgan fingerprint density at radius 1 is 1.25 bits per heavy atom. The molecule has 0 bridgehead atoms. The number of nitrogens with one attached hydrogen (secondary N) is 1. The Morgan fingerprint density at radius 3 is 2.40 bits per heavy atom. The van der Waals surface area contributed by atoms with Gasteiger partial charge in [-0.2, -0.15) is 0 Å². The Morgan fingerprint density at radius 2 is 1.90 bits per heavy atom. The number of nitrogens with zero attached hydrogens (tertiary/aromatic N) is 2. The molecule has 1 rings (SSSR count). The molecule has 0 saturated carbocycles. The van der Waals surface area contributed by atoms with Crippen molar-refractivity contribution in [2.24, 2.45) is 0 Å². The van der Waals surface area contributed by atoms with Gasteiger partial charge in [0.05, 0.1) is 0 Å². The highest BCUT2D eigenvalue weighted by atomic mass is 15.2. The Kier molecular flexibility index (Phi) is 6.00. The molecule has 0 aliphatic rings.